The van der Waals surface area contributed by atoms with Gasteiger partial charge in [-0.05, 0) is 48.7 Å². The number of nitrogens with one attached hydrogen (secondary N) is 1. The predicted molar refractivity (Wildman–Crippen MR) is 107 cm³/mol. The molecule has 2 heterocycles. The normalized spacial score (nSPS) is 16.0. The van der Waals surface area contributed by atoms with Gasteiger partial charge in [-0.2, -0.15) is 0 Å². The van der Waals surface area contributed by atoms with Crippen molar-refractivity contribution in [3.05, 3.63) is 34.4 Å². The molecule has 150 valence electrons. The summed E-state index contributed by atoms with van der Waals surface area (Å²) in [6, 6.07) is 7.49. The fourth-order valence-electron chi connectivity index (χ4n) is 3.37. The van der Waals surface area contributed by atoms with Crippen LogP contribution in [-0.4, -0.2) is 53.5 Å². The van der Waals surface area contributed by atoms with Gasteiger partial charge in [0.25, 0.3) is 5.91 Å². The Balaban J connectivity index is 1.59. The summed E-state index contributed by atoms with van der Waals surface area (Å²) in [7, 11) is 0. The van der Waals surface area contributed by atoms with Crippen LogP contribution in [0.4, 0.5) is 0 Å². The molecule has 8 heteroatoms. The lowest BCUT2D eigenvalue weighted by Crippen LogP contribution is -2.45. The molecule has 28 heavy (non-hydrogen) atoms. The molecule has 0 saturated carbocycles. The van der Waals surface area contributed by atoms with Gasteiger partial charge in [0, 0.05) is 24.0 Å². The summed E-state index contributed by atoms with van der Waals surface area (Å²) in [4.78, 5) is 41.6. The zero-order valence-electron chi connectivity index (χ0n) is 15.9. The van der Waals surface area contributed by atoms with Gasteiger partial charge in [-0.1, -0.05) is 18.2 Å². The molecular weight excluding hydrogens is 428 g/mol. The zero-order chi connectivity index (χ0) is 20.3. The van der Waals surface area contributed by atoms with Gasteiger partial charge in [0.05, 0.1) is 17.0 Å². The fraction of sp³-hybridized carbons (Fsp3) is 0.450. The van der Waals surface area contributed by atoms with E-state index in [0.717, 1.165) is 10.9 Å². The minimum absolute atomic E-state index is 0.177. The van der Waals surface area contributed by atoms with Crippen LogP contribution in [0.2, 0.25) is 0 Å². The molecule has 7 nitrogen and oxygen atoms in total. The van der Waals surface area contributed by atoms with Crippen molar-refractivity contribution in [3.63, 3.8) is 0 Å². The van der Waals surface area contributed by atoms with Crippen molar-refractivity contribution in [2.24, 2.45) is 5.92 Å². The molecular formula is C20H23BrN2O5. The van der Waals surface area contributed by atoms with Crippen LogP contribution in [-0.2, 0) is 19.1 Å². The van der Waals surface area contributed by atoms with Crippen LogP contribution in [0.15, 0.2) is 28.7 Å². The van der Waals surface area contributed by atoms with Gasteiger partial charge in [0.15, 0.2) is 6.10 Å². The Bertz CT molecular complexity index is 886. The Morgan fingerprint density at radius 2 is 1.93 bits per heavy atom. The van der Waals surface area contributed by atoms with Crippen LogP contribution in [0, 0.1) is 5.92 Å². The number of benzene rings is 1. The van der Waals surface area contributed by atoms with Crippen molar-refractivity contribution >= 4 is 44.7 Å². The topological polar surface area (TPSA) is 88.7 Å². The van der Waals surface area contributed by atoms with Crippen LogP contribution in [0.3, 0.4) is 0 Å². The zero-order valence-corrected chi connectivity index (χ0v) is 17.5. The smallest absolute Gasteiger partial charge is 0.356 e. The molecule has 1 aliphatic heterocycles. The average Bonchev–Trinajstić information content (AvgIpc) is 3.04. The van der Waals surface area contributed by atoms with E-state index in [0.29, 0.717) is 37.0 Å². The first-order valence-electron chi connectivity index (χ1n) is 9.35. The second kappa shape index (κ2) is 8.77. The van der Waals surface area contributed by atoms with Crippen LogP contribution < -0.4 is 0 Å². The van der Waals surface area contributed by atoms with E-state index in [-0.39, 0.29) is 23.5 Å². The van der Waals surface area contributed by atoms with E-state index >= 15 is 0 Å². The van der Waals surface area contributed by atoms with Gasteiger partial charge in [0.1, 0.15) is 5.69 Å². The highest BCUT2D eigenvalue weighted by Gasteiger charge is 2.32. The first kappa shape index (κ1) is 20.4. The molecule has 1 unspecified atom stereocenters. The van der Waals surface area contributed by atoms with Gasteiger partial charge < -0.3 is 19.4 Å². The molecule has 0 radical (unpaired) electrons. The number of carbonyl (C=O) groups excluding carboxylic acids is 3. The van der Waals surface area contributed by atoms with Crippen molar-refractivity contribution in [2.75, 3.05) is 19.7 Å². The highest BCUT2D eigenvalue weighted by Crippen LogP contribution is 2.28. The van der Waals surface area contributed by atoms with Gasteiger partial charge >= 0.3 is 11.9 Å². The largest absolute Gasteiger partial charge is 0.466 e. The lowest BCUT2D eigenvalue weighted by Gasteiger charge is -2.32. The number of carbonyl (C=O) groups is 3. The van der Waals surface area contributed by atoms with Crippen molar-refractivity contribution in [1.82, 2.24) is 9.88 Å². The summed E-state index contributed by atoms with van der Waals surface area (Å²) in [6.07, 6.45) is 0.197. The molecule has 1 aliphatic rings. The fourth-order valence-corrected chi connectivity index (χ4v) is 3.98. The number of halogens is 1. The summed E-state index contributed by atoms with van der Waals surface area (Å²) in [5.74, 6) is -1.24. The van der Waals surface area contributed by atoms with Crippen molar-refractivity contribution < 1.29 is 23.9 Å². The molecule has 1 aromatic heterocycles. The van der Waals surface area contributed by atoms with E-state index in [1.807, 2.05) is 24.3 Å². The number of hydrogen-bond donors (Lipinski definition) is 1. The molecule has 2 aromatic rings. The van der Waals surface area contributed by atoms with E-state index in [1.165, 1.54) is 0 Å². The van der Waals surface area contributed by atoms with E-state index in [9.17, 15) is 14.4 Å². The maximum Gasteiger partial charge on any atom is 0.356 e. The number of aromatic amines is 1. The van der Waals surface area contributed by atoms with Crippen LogP contribution in [0.25, 0.3) is 10.9 Å². The number of aromatic nitrogens is 1. The standard InChI is InChI=1S/C20H23BrN2O5/c1-3-27-19(25)13-8-10-23(11-9-13)18(24)12(2)28-20(26)17-16(21)14-6-4-5-7-15(14)22-17/h4-7,12-13,22H,3,8-11H2,1-2H3. The highest BCUT2D eigenvalue weighted by atomic mass is 79.9. The molecule has 1 aromatic carbocycles. The Morgan fingerprint density at radius 1 is 1.25 bits per heavy atom. The molecule has 0 bridgehead atoms. The van der Waals surface area contributed by atoms with E-state index in [1.54, 1.807) is 18.7 Å². The van der Waals surface area contributed by atoms with E-state index in [2.05, 4.69) is 20.9 Å². The third-order valence-electron chi connectivity index (χ3n) is 4.90. The second-order valence-electron chi connectivity index (χ2n) is 6.76. The molecule has 0 spiro atoms. The molecule has 1 fully saturated rings. The first-order chi connectivity index (χ1) is 13.4. The Kier molecular flexibility index (Phi) is 6.39. The minimum Gasteiger partial charge on any atom is -0.466 e. The quantitative estimate of drug-likeness (QED) is 0.705. The van der Waals surface area contributed by atoms with Crippen molar-refractivity contribution in [1.29, 1.82) is 0 Å². The molecule has 1 N–H and O–H groups in total. The van der Waals surface area contributed by atoms with E-state index < -0.39 is 12.1 Å². The van der Waals surface area contributed by atoms with Crippen LogP contribution in [0.5, 0.6) is 0 Å². The summed E-state index contributed by atoms with van der Waals surface area (Å²) >= 11 is 3.42. The number of nitrogens with zero attached hydrogens (tertiary/aromatic N) is 1. The molecule has 0 aliphatic carbocycles. The van der Waals surface area contributed by atoms with Crippen molar-refractivity contribution in [3.8, 4) is 0 Å². The lowest BCUT2D eigenvalue weighted by atomic mass is 9.97. The molecule has 1 atom stereocenters. The number of H-pyrrole nitrogens is 1. The maximum absolute atomic E-state index is 12.6. The number of amides is 1. The Hall–Kier alpha value is -2.35. The number of rotatable bonds is 5. The van der Waals surface area contributed by atoms with Gasteiger partial charge in [-0.25, -0.2) is 4.79 Å². The highest BCUT2D eigenvalue weighted by molar-refractivity contribution is 9.10. The number of para-hydroxylation sites is 1. The van der Waals surface area contributed by atoms with Crippen LogP contribution >= 0.6 is 15.9 Å². The number of hydrogen-bond acceptors (Lipinski definition) is 5. The van der Waals surface area contributed by atoms with Gasteiger partial charge in [-0.15, -0.1) is 0 Å². The summed E-state index contributed by atoms with van der Waals surface area (Å²) in [5, 5.41) is 0.870. The minimum atomic E-state index is -0.912. The number of fused-ring (bicyclic) bond motifs is 1. The molecule has 1 saturated heterocycles. The summed E-state index contributed by atoms with van der Waals surface area (Å²) in [6.45, 7) is 4.58. The number of ether oxygens (including phenoxy) is 2. The number of esters is 2. The van der Waals surface area contributed by atoms with Gasteiger partial charge in [-0.3, -0.25) is 9.59 Å². The van der Waals surface area contributed by atoms with Gasteiger partial charge in [0.2, 0.25) is 0 Å². The lowest BCUT2D eigenvalue weighted by molar-refractivity contribution is -0.152. The maximum atomic E-state index is 12.6. The first-order valence-corrected chi connectivity index (χ1v) is 10.1. The summed E-state index contributed by atoms with van der Waals surface area (Å²) < 4.78 is 11.0. The summed E-state index contributed by atoms with van der Waals surface area (Å²) in [5.41, 5.74) is 1.09. The van der Waals surface area contributed by atoms with Crippen molar-refractivity contribution in [2.45, 2.75) is 32.8 Å². The predicted octanol–water partition coefficient (Wildman–Crippen LogP) is 3.28. The molecule has 1 amide bonds. The Morgan fingerprint density at radius 3 is 2.57 bits per heavy atom. The second-order valence-corrected chi connectivity index (χ2v) is 7.55. The average molecular weight is 451 g/mol. The SMILES string of the molecule is CCOC(=O)C1CCN(C(=O)C(C)OC(=O)c2[nH]c3ccccc3c2Br)CC1. The molecule has 3 rings (SSSR count). The monoisotopic (exact) mass is 450 g/mol. The Labute approximate surface area is 171 Å². The van der Waals surface area contributed by atoms with Crippen LogP contribution in [0.1, 0.15) is 37.2 Å². The third-order valence-corrected chi connectivity index (χ3v) is 5.73. The number of piperidine rings is 1. The third kappa shape index (κ3) is 4.22. The van der Waals surface area contributed by atoms with E-state index in [4.69, 9.17) is 9.47 Å². The number of likely N-dealkylation sites (tertiary alicyclic amines) is 1.